The Hall–Kier alpha value is -3.40. The molecule has 0 aromatic heterocycles. The monoisotopic (exact) mass is 523 g/mol. The van der Waals surface area contributed by atoms with Gasteiger partial charge in [-0.2, -0.15) is 13.2 Å². The molecule has 0 unspecified atom stereocenters. The molecule has 0 saturated carbocycles. The molecule has 0 aliphatic carbocycles. The van der Waals surface area contributed by atoms with E-state index in [1.165, 1.54) is 29.2 Å². The molecule has 3 amide bonds. The van der Waals surface area contributed by atoms with E-state index in [4.69, 9.17) is 0 Å². The van der Waals surface area contributed by atoms with E-state index in [1.807, 2.05) is 0 Å². The number of alkyl halides is 3. The molecule has 0 aliphatic rings. The highest BCUT2D eigenvalue weighted by Gasteiger charge is 2.30. The fraction of sp³-hybridized carbons (Fsp3) is 0.130. The predicted molar refractivity (Wildman–Crippen MR) is 121 cm³/mol. The molecule has 0 heterocycles. The molecule has 3 aromatic carbocycles. The van der Waals surface area contributed by atoms with Crippen LogP contribution in [0.4, 0.5) is 33.7 Å². The summed E-state index contributed by atoms with van der Waals surface area (Å²) in [7, 11) is 0. The number of rotatable bonds is 6. The number of nitrogens with one attached hydrogen (secondary N) is 2. The maximum atomic E-state index is 13.3. The molecule has 0 radical (unpaired) electrons. The van der Waals surface area contributed by atoms with Gasteiger partial charge in [-0.15, -0.1) is 0 Å². The molecule has 0 atom stereocenters. The van der Waals surface area contributed by atoms with E-state index in [1.54, 1.807) is 24.3 Å². The third-order valence-electron chi connectivity index (χ3n) is 4.53. The van der Waals surface area contributed by atoms with Gasteiger partial charge < -0.3 is 10.6 Å². The Morgan fingerprint density at radius 1 is 0.939 bits per heavy atom. The van der Waals surface area contributed by atoms with Crippen LogP contribution in [0.15, 0.2) is 77.3 Å². The third kappa shape index (κ3) is 6.79. The van der Waals surface area contributed by atoms with Crippen LogP contribution in [0.2, 0.25) is 0 Å². The normalized spacial score (nSPS) is 11.1. The summed E-state index contributed by atoms with van der Waals surface area (Å²) in [6.07, 6.45) is -4.56. The molecule has 5 nitrogen and oxygen atoms in total. The van der Waals surface area contributed by atoms with Gasteiger partial charge in [-0.25, -0.2) is 9.18 Å². The second kappa shape index (κ2) is 10.5. The van der Waals surface area contributed by atoms with Crippen molar-refractivity contribution >= 4 is 39.2 Å². The van der Waals surface area contributed by atoms with Crippen molar-refractivity contribution in [1.29, 1.82) is 0 Å². The zero-order chi connectivity index (χ0) is 24.0. The SMILES string of the molecule is O=C(NCCN(C(=O)Nc1cccc(C(F)(F)F)c1)c1ccc(F)cc1)c1cccc(Br)c1. The van der Waals surface area contributed by atoms with E-state index in [0.29, 0.717) is 11.3 Å². The molecule has 0 saturated heterocycles. The van der Waals surface area contributed by atoms with Crippen LogP contribution in [0.3, 0.4) is 0 Å². The maximum absolute atomic E-state index is 13.3. The molecule has 0 spiro atoms. The maximum Gasteiger partial charge on any atom is 0.416 e. The zero-order valence-electron chi connectivity index (χ0n) is 17.0. The highest BCUT2D eigenvalue weighted by atomic mass is 79.9. The highest BCUT2D eigenvalue weighted by Crippen LogP contribution is 2.30. The molecule has 0 aliphatic heterocycles. The van der Waals surface area contributed by atoms with E-state index < -0.39 is 23.6 Å². The lowest BCUT2D eigenvalue weighted by atomic mass is 10.2. The minimum Gasteiger partial charge on any atom is -0.350 e. The van der Waals surface area contributed by atoms with Gasteiger partial charge in [0.15, 0.2) is 0 Å². The molecule has 172 valence electrons. The largest absolute Gasteiger partial charge is 0.416 e. The summed E-state index contributed by atoms with van der Waals surface area (Å²) in [5, 5.41) is 5.10. The van der Waals surface area contributed by atoms with Crippen molar-refractivity contribution in [3.05, 3.63) is 94.2 Å². The number of urea groups is 1. The Morgan fingerprint density at radius 2 is 1.64 bits per heavy atom. The number of halogens is 5. The van der Waals surface area contributed by atoms with Crippen molar-refractivity contribution in [2.75, 3.05) is 23.3 Å². The van der Waals surface area contributed by atoms with Gasteiger partial charge in [0.25, 0.3) is 5.91 Å². The average Bonchev–Trinajstić information content (AvgIpc) is 2.77. The zero-order valence-corrected chi connectivity index (χ0v) is 18.6. The van der Waals surface area contributed by atoms with E-state index in [-0.39, 0.29) is 24.7 Å². The van der Waals surface area contributed by atoms with Crippen LogP contribution in [0.1, 0.15) is 15.9 Å². The van der Waals surface area contributed by atoms with Crippen LogP contribution in [0.5, 0.6) is 0 Å². The Balaban J connectivity index is 1.73. The number of anilines is 2. The minimum absolute atomic E-state index is 0.0177. The number of amides is 3. The van der Waals surface area contributed by atoms with Crippen molar-refractivity contribution in [2.45, 2.75) is 6.18 Å². The summed E-state index contributed by atoms with van der Waals surface area (Å²) >= 11 is 3.28. The molecule has 33 heavy (non-hydrogen) atoms. The van der Waals surface area contributed by atoms with Crippen LogP contribution in [-0.2, 0) is 6.18 Å². The first-order chi connectivity index (χ1) is 15.6. The van der Waals surface area contributed by atoms with Crippen LogP contribution in [0.25, 0.3) is 0 Å². The fourth-order valence-corrected chi connectivity index (χ4v) is 3.35. The van der Waals surface area contributed by atoms with Gasteiger partial charge in [0.2, 0.25) is 0 Å². The molecular weight excluding hydrogens is 506 g/mol. The number of carbonyl (C=O) groups is 2. The molecule has 0 fully saturated rings. The van der Waals surface area contributed by atoms with Gasteiger partial charge >= 0.3 is 12.2 Å². The minimum atomic E-state index is -4.56. The summed E-state index contributed by atoms with van der Waals surface area (Å²) in [4.78, 5) is 26.4. The smallest absolute Gasteiger partial charge is 0.350 e. The van der Waals surface area contributed by atoms with Crippen molar-refractivity contribution < 1.29 is 27.2 Å². The Kier molecular flexibility index (Phi) is 7.70. The fourth-order valence-electron chi connectivity index (χ4n) is 2.95. The lowest BCUT2D eigenvalue weighted by Crippen LogP contribution is -2.41. The van der Waals surface area contributed by atoms with Crippen molar-refractivity contribution in [1.82, 2.24) is 5.32 Å². The summed E-state index contributed by atoms with van der Waals surface area (Å²) in [5.74, 6) is -0.881. The number of hydrogen-bond acceptors (Lipinski definition) is 2. The Bertz CT molecular complexity index is 1140. The molecule has 0 bridgehead atoms. The van der Waals surface area contributed by atoms with Crippen LogP contribution in [0, 0.1) is 5.82 Å². The van der Waals surface area contributed by atoms with Crippen LogP contribution in [-0.4, -0.2) is 25.0 Å². The molecule has 10 heteroatoms. The second-order valence-corrected chi connectivity index (χ2v) is 7.82. The third-order valence-corrected chi connectivity index (χ3v) is 5.03. The first-order valence-corrected chi connectivity index (χ1v) is 10.5. The van der Waals surface area contributed by atoms with Crippen molar-refractivity contribution in [3.8, 4) is 0 Å². The van der Waals surface area contributed by atoms with Gasteiger partial charge in [-0.05, 0) is 60.7 Å². The first-order valence-electron chi connectivity index (χ1n) is 9.68. The van der Waals surface area contributed by atoms with Gasteiger partial charge in [0, 0.05) is 34.5 Å². The Morgan fingerprint density at radius 3 is 2.30 bits per heavy atom. The van der Waals surface area contributed by atoms with Crippen LogP contribution < -0.4 is 15.5 Å². The van der Waals surface area contributed by atoms with E-state index in [9.17, 15) is 27.2 Å². The number of nitrogens with zero attached hydrogens (tertiary/aromatic N) is 1. The summed E-state index contributed by atoms with van der Waals surface area (Å²) in [6.45, 7) is 0.0227. The van der Waals surface area contributed by atoms with Crippen molar-refractivity contribution in [2.24, 2.45) is 0 Å². The van der Waals surface area contributed by atoms with Gasteiger partial charge in [0.05, 0.1) is 5.56 Å². The van der Waals surface area contributed by atoms with Crippen LogP contribution >= 0.6 is 15.9 Å². The molecule has 2 N–H and O–H groups in total. The standard InChI is InChI=1S/C23H18BrF4N3O2/c24-17-5-1-3-15(13-17)21(32)29-11-12-31(20-9-7-18(25)8-10-20)22(33)30-19-6-2-4-16(14-19)23(26,27)28/h1-10,13-14H,11-12H2,(H,29,32)(H,30,33). The van der Waals surface area contributed by atoms with E-state index in [2.05, 4.69) is 26.6 Å². The first kappa shape index (κ1) is 24.2. The van der Waals surface area contributed by atoms with Crippen molar-refractivity contribution in [3.63, 3.8) is 0 Å². The highest BCUT2D eigenvalue weighted by molar-refractivity contribution is 9.10. The topological polar surface area (TPSA) is 61.4 Å². The van der Waals surface area contributed by atoms with E-state index in [0.717, 1.165) is 28.7 Å². The quantitative estimate of drug-likeness (QED) is 0.385. The van der Waals surface area contributed by atoms with Gasteiger partial charge in [0.1, 0.15) is 5.82 Å². The number of benzene rings is 3. The summed E-state index contributed by atoms with van der Waals surface area (Å²) in [5.41, 5.74) is -0.251. The van der Waals surface area contributed by atoms with Gasteiger partial charge in [-0.1, -0.05) is 28.1 Å². The second-order valence-electron chi connectivity index (χ2n) is 6.90. The predicted octanol–water partition coefficient (Wildman–Crippen LogP) is 6.08. The molecular formula is C23H18BrF4N3O2. The molecule has 3 aromatic rings. The lowest BCUT2D eigenvalue weighted by Gasteiger charge is -2.24. The summed E-state index contributed by atoms with van der Waals surface area (Å²) in [6, 6.07) is 15.2. The van der Waals surface area contributed by atoms with Gasteiger partial charge in [-0.3, -0.25) is 9.69 Å². The summed E-state index contributed by atoms with van der Waals surface area (Å²) < 4.78 is 53.0. The molecule has 3 rings (SSSR count). The Labute approximate surface area is 195 Å². The van der Waals surface area contributed by atoms with E-state index >= 15 is 0 Å². The number of hydrogen-bond donors (Lipinski definition) is 2. The lowest BCUT2D eigenvalue weighted by molar-refractivity contribution is -0.137. The average molecular weight is 524 g/mol. The number of carbonyl (C=O) groups excluding carboxylic acids is 2.